The third-order valence-electron chi connectivity index (χ3n) is 2.71. The number of rotatable bonds is 5. The molecule has 2 aromatic rings. The highest BCUT2D eigenvalue weighted by atomic mass is 79.9. The van der Waals surface area contributed by atoms with Gasteiger partial charge in [-0.3, -0.25) is 0 Å². The first-order valence-corrected chi connectivity index (χ1v) is 6.96. The highest BCUT2D eigenvalue weighted by molar-refractivity contribution is 9.10. The van der Waals surface area contributed by atoms with Gasteiger partial charge in [0.05, 0.1) is 6.04 Å². The molecule has 102 valence electrons. The monoisotopic (exact) mass is 327 g/mol. The summed E-state index contributed by atoms with van der Waals surface area (Å²) in [6, 6.07) is 4.53. The predicted octanol–water partition coefficient (Wildman–Crippen LogP) is 3.70. The lowest BCUT2D eigenvalue weighted by molar-refractivity contribution is 0.402. The summed E-state index contributed by atoms with van der Waals surface area (Å²) >= 11 is 3.24. The van der Waals surface area contributed by atoms with Crippen molar-refractivity contribution in [3.63, 3.8) is 0 Å². The van der Waals surface area contributed by atoms with Crippen LogP contribution in [0.25, 0.3) is 11.5 Å². The highest BCUT2D eigenvalue weighted by Crippen LogP contribution is 2.25. The summed E-state index contributed by atoms with van der Waals surface area (Å²) in [6.45, 7) is 4.88. The first-order valence-electron chi connectivity index (χ1n) is 6.17. The summed E-state index contributed by atoms with van der Waals surface area (Å²) < 4.78 is 19.6. The maximum atomic E-state index is 13.3. The molecule has 19 heavy (non-hydrogen) atoms. The van der Waals surface area contributed by atoms with Gasteiger partial charge in [0.1, 0.15) is 5.82 Å². The fourth-order valence-electron chi connectivity index (χ4n) is 1.82. The van der Waals surface area contributed by atoms with E-state index in [1.54, 1.807) is 6.07 Å². The van der Waals surface area contributed by atoms with E-state index in [1.807, 2.05) is 13.8 Å². The van der Waals surface area contributed by atoms with Crippen LogP contribution in [0.1, 0.15) is 32.2 Å². The van der Waals surface area contributed by atoms with E-state index in [0.717, 1.165) is 13.0 Å². The molecule has 0 bridgehead atoms. The standard InChI is InChI=1S/C13H15BrFN3O/c1-3-11(16-4-2)13-18-17-12(19-13)8-5-9(14)7-10(15)6-8/h5-7,11,16H,3-4H2,1-2H3. The molecule has 0 amide bonds. The molecular weight excluding hydrogens is 313 g/mol. The van der Waals surface area contributed by atoms with E-state index in [0.29, 0.717) is 21.8 Å². The number of nitrogens with zero attached hydrogens (tertiary/aromatic N) is 2. The van der Waals surface area contributed by atoms with Crippen LogP contribution in [0.15, 0.2) is 27.1 Å². The number of hydrogen-bond acceptors (Lipinski definition) is 4. The zero-order chi connectivity index (χ0) is 13.8. The Labute approximate surface area is 119 Å². The maximum Gasteiger partial charge on any atom is 0.247 e. The van der Waals surface area contributed by atoms with Crippen LogP contribution in [0.2, 0.25) is 0 Å². The molecule has 0 fully saturated rings. The van der Waals surface area contributed by atoms with E-state index in [4.69, 9.17) is 4.42 Å². The van der Waals surface area contributed by atoms with Gasteiger partial charge in [-0.15, -0.1) is 10.2 Å². The van der Waals surface area contributed by atoms with Crippen molar-refractivity contribution in [3.05, 3.63) is 34.4 Å². The van der Waals surface area contributed by atoms with E-state index >= 15 is 0 Å². The molecule has 1 heterocycles. The SMILES string of the molecule is CCNC(CC)c1nnc(-c2cc(F)cc(Br)c2)o1. The number of halogens is 2. The van der Waals surface area contributed by atoms with Crippen molar-refractivity contribution in [3.8, 4) is 11.5 Å². The Morgan fingerprint density at radius 1 is 1.32 bits per heavy atom. The molecule has 0 saturated carbocycles. The summed E-state index contributed by atoms with van der Waals surface area (Å²) in [4.78, 5) is 0. The van der Waals surface area contributed by atoms with Gasteiger partial charge in [-0.1, -0.05) is 29.8 Å². The quantitative estimate of drug-likeness (QED) is 0.909. The van der Waals surface area contributed by atoms with Gasteiger partial charge in [-0.05, 0) is 31.2 Å². The third kappa shape index (κ3) is 3.39. The van der Waals surface area contributed by atoms with E-state index in [1.165, 1.54) is 12.1 Å². The molecule has 0 saturated heterocycles. The second-order valence-corrected chi connectivity index (χ2v) is 5.04. The van der Waals surface area contributed by atoms with Crippen LogP contribution < -0.4 is 5.32 Å². The minimum absolute atomic E-state index is 0.0308. The molecule has 0 aliphatic carbocycles. The molecule has 1 N–H and O–H groups in total. The molecule has 4 nitrogen and oxygen atoms in total. The van der Waals surface area contributed by atoms with Crippen molar-refractivity contribution in [2.45, 2.75) is 26.3 Å². The average Bonchev–Trinajstić information content (AvgIpc) is 2.84. The van der Waals surface area contributed by atoms with Crippen molar-refractivity contribution >= 4 is 15.9 Å². The second-order valence-electron chi connectivity index (χ2n) is 4.12. The van der Waals surface area contributed by atoms with E-state index < -0.39 is 0 Å². The Kier molecular flexibility index (Phi) is 4.66. The van der Waals surface area contributed by atoms with Gasteiger partial charge in [0.15, 0.2) is 0 Å². The minimum atomic E-state index is -0.345. The second kappa shape index (κ2) is 6.25. The molecule has 0 spiro atoms. The molecule has 0 aliphatic rings. The van der Waals surface area contributed by atoms with Crippen LogP contribution in [-0.4, -0.2) is 16.7 Å². The largest absolute Gasteiger partial charge is 0.419 e. The maximum absolute atomic E-state index is 13.3. The van der Waals surface area contributed by atoms with Crippen molar-refractivity contribution in [2.75, 3.05) is 6.54 Å². The average molecular weight is 328 g/mol. The highest BCUT2D eigenvalue weighted by Gasteiger charge is 2.17. The zero-order valence-electron chi connectivity index (χ0n) is 10.8. The summed E-state index contributed by atoms with van der Waals surface area (Å²) in [5, 5.41) is 11.3. The summed E-state index contributed by atoms with van der Waals surface area (Å²) in [5.74, 6) is 0.508. The van der Waals surface area contributed by atoms with Gasteiger partial charge in [0, 0.05) is 10.0 Å². The number of nitrogens with one attached hydrogen (secondary N) is 1. The van der Waals surface area contributed by atoms with Crippen LogP contribution in [0.5, 0.6) is 0 Å². The Morgan fingerprint density at radius 3 is 2.74 bits per heavy atom. The van der Waals surface area contributed by atoms with E-state index in [9.17, 15) is 4.39 Å². The van der Waals surface area contributed by atoms with Gasteiger partial charge in [-0.25, -0.2) is 4.39 Å². The Bertz CT molecular complexity index is 538. The Balaban J connectivity index is 2.29. The van der Waals surface area contributed by atoms with Crippen LogP contribution in [0.4, 0.5) is 4.39 Å². The molecule has 1 unspecified atom stereocenters. The predicted molar refractivity (Wildman–Crippen MR) is 74.1 cm³/mol. The van der Waals surface area contributed by atoms with E-state index in [-0.39, 0.29) is 11.9 Å². The van der Waals surface area contributed by atoms with Crippen LogP contribution in [0, 0.1) is 5.82 Å². The van der Waals surface area contributed by atoms with Gasteiger partial charge < -0.3 is 9.73 Å². The van der Waals surface area contributed by atoms with Gasteiger partial charge in [0.2, 0.25) is 11.8 Å². The zero-order valence-corrected chi connectivity index (χ0v) is 12.4. The molecule has 1 atom stereocenters. The van der Waals surface area contributed by atoms with E-state index in [2.05, 4.69) is 31.4 Å². The Hall–Kier alpha value is -1.27. The topological polar surface area (TPSA) is 51.0 Å². The number of benzene rings is 1. The van der Waals surface area contributed by atoms with Crippen LogP contribution in [-0.2, 0) is 0 Å². The summed E-state index contributed by atoms with van der Waals surface area (Å²) in [6.07, 6.45) is 0.850. The Morgan fingerprint density at radius 2 is 2.11 bits per heavy atom. The third-order valence-corrected chi connectivity index (χ3v) is 3.16. The first-order chi connectivity index (χ1) is 9.13. The van der Waals surface area contributed by atoms with Gasteiger partial charge >= 0.3 is 0 Å². The molecule has 0 aliphatic heterocycles. The molecule has 1 aromatic carbocycles. The van der Waals surface area contributed by atoms with Crippen molar-refractivity contribution in [1.29, 1.82) is 0 Å². The van der Waals surface area contributed by atoms with Crippen molar-refractivity contribution in [2.24, 2.45) is 0 Å². The summed E-state index contributed by atoms with van der Waals surface area (Å²) in [5.41, 5.74) is 0.567. The van der Waals surface area contributed by atoms with Gasteiger partial charge in [-0.2, -0.15) is 0 Å². The van der Waals surface area contributed by atoms with Gasteiger partial charge in [0.25, 0.3) is 0 Å². The smallest absolute Gasteiger partial charge is 0.247 e. The molecule has 6 heteroatoms. The number of aromatic nitrogens is 2. The normalized spacial score (nSPS) is 12.6. The van der Waals surface area contributed by atoms with Crippen LogP contribution >= 0.6 is 15.9 Å². The number of hydrogen-bond donors (Lipinski definition) is 1. The molecule has 1 aromatic heterocycles. The molecule has 2 rings (SSSR count). The lowest BCUT2D eigenvalue weighted by Crippen LogP contribution is -2.20. The minimum Gasteiger partial charge on any atom is -0.419 e. The first kappa shape index (κ1) is 14.1. The fourth-order valence-corrected chi connectivity index (χ4v) is 2.29. The lowest BCUT2D eigenvalue weighted by Gasteiger charge is -2.10. The fraction of sp³-hybridized carbons (Fsp3) is 0.385. The molecule has 0 radical (unpaired) electrons. The van der Waals surface area contributed by atoms with Crippen molar-refractivity contribution in [1.82, 2.24) is 15.5 Å². The summed E-state index contributed by atoms with van der Waals surface area (Å²) in [7, 11) is 0. The lowest BCUT2D eigenvalue weighted by atomic mass is 10.2. The van der Waals surface area contributed by atoms with Crippen LogP contribution in [0.3, 0.4) is 0 Å². The van der Waals surface area contributed by atoms with Crippen molar-refractivity contribution < 1.29 is 8.81 Å². The molecular formula is C13H15BrFN3O.